The van der Waals surface area contributed by atoms with E-state index in [0.717, 1.165) is 54.3 Å². The molecule has 3 amide bonds. The first kappa shape index (κ1) is 24.2. The molecule has 8 nitrogen and oxygen atoms in total. The molecule has 0 saturated heterocycles. The molecule has 10 heteroatoms. The van der Waals surface area contributed by atoms with Crippen molar-refractivity contribution >= 4 is 45.3 Å². The molecule has 0 aliphatic heterocycles. The lowest BCUT2D eigenvalue weighted by Crippen LogP contribution is -2.48. The van der Waals surface area contributed by atoms with Crippen LogP contribution in [0.15, 0.2) is 9.95 Å². The van der Waals surface area contributed by atoms with Crippen LogP contribution in [0.2, 0.25) is 0 Å². The first-order valence-electron chi connectivity index (χ1n) is 11.7. The predicted molar refractivity (Wildman–Crippen MR) is 131 cm³/mol. The highest BCUT2D eigenvalue weighted by molar-refractivity contribution is 7.99. The quantitative estimate of drug-likeness (QED) is 0.332. The van der Waals surface area contributed by atoms with Crippen LogP contribution < -0.4 is 16.2 Å². The van der Waals surface area contributed by atoms with Crippen LogP contribution in [-0.4, -0.2) is 47.0 Å². The summed E-state index contributed by atoms with van der Waals surface area (Å²) in [6.07, 6.45) is 8.01. The zero-order chi connectivity index (χ0) is 23.4. The topological polar surface area (TPSA) is 102 Å². The molecule has 33 heavy (non-hydrogen) atoms. The largest absolute Gasteiger partial charge is 0.385 e. The highest BCUT2D eigenvalue weighted by Crippen LogP contribution is 2.35. The van der Waals surface area contributed by atoms with Crippen molar-refractivity contribution in [1.82, 2.24) is 20.2 Å². The maximum Gasteiger partial charge on any atom is 0.321 e. The Morgan fingerprint density at radius 3 is 2.85 bits per heavy atom. The molecule has 4 rings (SSSR count). The fraction of sp³-hybridized carbons (Fsp3) is 0.652. The highest BCUT2D eigenvalue weighted by Gasteiger charge is 2.25. The van der Waals surface area contributed by atoms with Gasteiger partial charge in [0, 0.05) is 31.2 Å². The minimum atomic E-state index is -0.449. The van der Waals surface area contributed by atoms with Gasteiger partial charge >= 0.3 is 6.03 Å². The smallest absolute Gasteiger partial charge is 0.321 e. The van der Waals surface area contributed by atoms with Gasteiger partial charge in [-0.1, -0.05) is 31.5 Å². The van der Waals surface area contributed by atoms with Crippen LogP contribution in [0.25, 0.3) is 10.2 Å². The Bertz CT molecular complexity index is 1080. The molecule has 0 aromatic carbocycles. The van der Waals surface area contributed by atoms with Gasteiger partial charge in [0.1, 0.15) is 4.83 Å². The summed E-state index contributed by atoms with van der Waals surface area (Å²) in [6.45, 7) is 3.15. The van der Waals surface area contributed by atoms with E-state index in [1.54, 1.807) is 23.0 Å². The van der Waals surface area contributed by atoms with Gasteiger partial charge in [-0.15, -0.1) is 11.3 Å². The second kappa shape index (κ2) is 11.0. The van der Waals surface area contributed by atoms with E-state index in [-0.39, 0.29) is 17.4 Å². The summed E-state index contributed by atoms with van der Waals surface area (Å²) in [5.41, 5.74) is 1.11. The number of aromatic nitrogens is 2. The molecule has 180 valence electrons. The van der Waals surface area contributed by atoms with E-state index >= 15 is 0 Å². The van der Waals surface area contributed by atoms with Gasteiger partial charge in [-0.2, -0.15) is 0 Å². The molecule has 0 radical (unpaired) electrons. The number of fused-ring (bicyclic) bond motifs is 3. The van der Waals surface area contributed by atoms with E-state index in [4.69, 9.17) is 9.72 Å². The number of hydrogen-bond acceptors (Lipinski definition) is 7. The van der Waals surface area contributed by atoms with Gasteiger partial charge in [0.15, 0.2) is 5.16 Å². The molecule has 2 aromatic heterocycles. The number of carbonyl (C=O) groups is 2. The summed E-state index contributed by atoms with van der Waals surface area (Å²) in [7, 11) is 1.63. The van der Waals surface area contributed by atoms with Crippen LogP contribution in [-0.2, 0) is 28.9 Å². The number of thiophene rings is 1. The highest BCUT2D eigenvalue weighted by atomic mass is 32.2. The zero-order valence-corrected chi connectivity index (χ0v) is 20.9. The fourth-order valence-electron chi connectivity index (χ4n) is 4.76. The number of hydrogen-bond donors (Lipinski definition) is 2. The van der Waals surface area contributed by atoms with Crippen molar-refractivity contribution < 1.29 is 14.3 Å². The van der Waals surface area contributed by atoms with E-state index in [1.165, 1.54) is 23.1 Å². The van der Waals surface area contributed by atoms with Crippen LogP contribution in [0.4, 0.5) is 4.79 Å². The number of amides is 3. The van der Waals surface area contributed by atoms with E-state index in [2.05, 4.69) is 17.6 Å². The molecular formula is C23H32N4O4S2. The number of aryl methyl sites for hydroxylation is 2. The third kappa shape index (κ3) is 5.60. The number of nitrogens with one attached hydrogen (secondary N) is 2. The summed E-state index contributed by atoms with van der Waals surface area (Å²) >= 11 is 2.79. The lowest BCUT2D eigenvalue weighted by Gasteiger charge is -2.29. The molecule has 2 atom stereocenters. The van der Waals surface area contributed by atoms with E-state index in [1.807, 2.05) is 0 Å². The number of ether oxygens (including phenoxy) is 1. The maximum absolute atomic E-state index is 13.3. The lowest BCUT2D eigenvalue weighted by molar-refractivity contribution is -0.117. The molecule has 2 aliphatic rings. The van der Waals surface area contributed by atoms with E-state index in [9.17, 15) is 14.4 Å². The second-order valence-corrected chi connectivity index (χ2v) is 10.9. The third-order valence-corrected chi connectivity index (χ3v) is 8.70. The maximum atomic E-state index is 13.3. The number of nitrogens with zero attached hydrogens (tertiary/aromatic N) is 2. The molecule has 2 aliphatic carbocycles. The number of carbonyl (C=O) groups excluding carboxylic acids is 2. The number of methoxy groups -OCH3 is 1. The molecule has 0 spiro atoms. The summed E-state index contributed by atoms with van der Waals surface area (Å²) in [5, 5.41) is 6.62. The van der Waals surface area contributed by atoms with Gasteiger partial charge in [0.2, 0.25) is 5.91 Å². The van der Waals surface area contributed by atoms with Crippen LogP contribution in [0.5, 0.6) is 0 Å². The van der Waals surface area contributed by atoms with Gasteiger partial charge in [-0.05, 0) is 50.0 Å². The molecular weight excluding hydrogens is 460 g/mol. The molecule has 1 fully saturated rings. The van der Waals surface area contributed by atoms with Gasteiger partial charge in [-0.25, -0.2) is 9.78 Å². The summed E-state index contributed by atoms with van der Waals surface area (Å²) < 4.78 is 6.81. The molecule has 0 bridgehead atoms. The molecule has 2 N–H and O–H groups in total. The van der Waals surface area contributed by atoms with Crippen LogP contribution in [0, 0.1) is 5.92 Å². The van der Waals surface area contributed by atoms with Crippen molar-refractivity contribution in [2.24, 2.45) is 5.92 Å². The van der Waals surface area contributed by atoms with Crippen molar-refractivity contribution in [2.45, 2.75) is 76.0 Å². The molecule has 2 aromatic rings. The second-order valence-electron chi connectivity index (χ2n) is 8.91. The average molecular weight is 493 g/mol. The first-order valence-corrected chi connectivity index (χ1v) is 13.5. The zero-order valence-electron chi connectivity index (χ0n) is 19.3. The van der Waals surface area contributed by atoms with Crippen molar-refractivity contribution in [2.75, 3.05) is 19.5 Å². The first-order chi connectivity index (χ1) is 16.0. The Morgan fingerprint density at radius 2 is 2.06 bits per heavy atom. The Labute approximate surface area is 201 Å². The minimum Gasteiger partial charge on any atom is -0.385 e. The molecule has 1 saturated carbocycles. The normalized spacial score (nSPS) is 20.1. The Hall–Kier alpha value is -1.91. The van der Waals surface area contributed by atoms with Crippen molar-refractivity contribution in [3.05, 3.63) is 20.8 Å². The Balaban J connectivity index is 1.44. The third-order valence-electron chi connectivity index (χ3n) is 6.53. The number of rotatable bonds is 8. The SMILES string of the molecule is COCCCn1c(SCC(=O)NC(=O)N[C@H]2CCCC[C@H]2C)nc2sc3c(c2c1=O)CCC3. The summed E-state index contributed by atoms with van der Waals surface area (Å²) in [5.74, 6) is 0.0345. The van der Waals surface area contributed by atoms with Gasteiger partial charge in [0.25, 0.3) is 5.56 Å². The number of urea groups is 1. The molecule has 0 unspecified atom stereocenters. The van der Waals surface area contributed by atoms with Gasteiger partial charge in [-0.3, -0.25) is 19.5 Å². The summed E-state index contributed by atoms with van der Waals surface area (Å²) in [6, 6.07) is -0.343. The number of thioether (sulfide) groups is 1. The fourth-order valence-corrected chi connectivity index (χ4v) is 6.89. The van der Waals surface area contributed by atoms with Gasteiger partial charge in [0.05, 0.1) is 11.1 Å². The van der Waals surface area contributed by atoms with Crippen LogP contribution in [0.1, 0.15) is 55.9 Å². The average Bonchev–Trinajstić information content (AvgIpc) is 3.36. The lowest BCUT2D eigenvalue weighted by atomic mass is 9.86. The number of imide groups is 1. The molecule has 2 heterocycles. The van der Waals surface area contributed by atoms with E-state index < -0.39 is 11.9 Å². The van der Waals surface area contributed by atoms with Crippen molar-refractivity contribution in [3.63, 3.8) is 0 Å². The Kier molecular flexibility index (Phi) is 8.08. The predicted octanol–water partition coefficient (Wildman–Crippen LogP) is 3.48. The van der Waals surface area contributed by atoms with Gasteiger partial charge < -0.3 is 10.1 Å². The monoisotopic (exact) mass is 492 g/mol. The van der Waals surface area contributed by atoms with Crippen LogP contribution in [0.3, 0.4) is 0 Å². The minimum absolute atomic E-state index is 0.0148. The van der Waals surface area contributed by atoms with Crippen molar-refractivity contribution in [3.8, 4) is 0 Å². The summed E-state index contributed by atoms with van der Waals surface area (Å²) in [4.78, 5) is 44.9. The van der Waals surface area contributed by atoms with Crippen LogP contribution >= 0.6 is 23.1 Å². The van der Waals surface area contributed by atoms with E-state index in [0.29, 0.717) is 30.6 Å². The van der Waals surface area contributed by atoms with Crippen molar-refractivity contribution in [1.29, 1.82) is 0 Å². The standard InChI is InChI=1S/C23H32N4O4S2/c1-14-7-3-4-9-16(14)24-22(30)25-18(28)13-32-23-26-20-19(15-8-5-10-17(15)33-20)21(29)27(23)11-6-12-31-2/h14,16H,3-13H2,1-2H3,(H2,24,25,28,30)/t14-,16+/m1/s1. The Morgan fingerprint density at radius 1 is 1.24 bits per heavy atom.